The third-order valence-corrected chi connectivity index (χ3v) is 5.69. The fraction of sp³-hybridized carbons (Fsp3) is 0.400. The first kappa shape index (κ1) is 19.2. The number of rotatable bonds is 7. The predicted molar refractivity (Wildman–Crippen MR) is 106 cm³/mol. The van der Waals surface area contributed by atoms with Crippen LogP contribution in [0.15, 0.2) is 24.3 Å². The summed E-state index contributed by atoms with van der Waals surface area (Å²) in [6, 6.07) is 7.46. The molecule has 1 aromatic heterocycles. The lowest BCUT2D eigenvalue weighted by Crippen LogP contribution is -2.26. The lowest BCUT2D eigenvalue weighted by Gasteiger charge is -2.19. The molecule has 0 spiro atoms. The summed E-state index contributed by atoms with van der Waals surface area (Å²) in [5.74, 6) is 1.35. The van der Waals surface area contributed by atoms with Crippen molar-refractivity contribution in [3.63, 3.8) is 0 Å². The topological polar surface area (TPSA) is 67.9 Å². The molecule has 2 aromatic rings. The molecule has 2 amide bonds. The van der Waals surface area contributed by atoms with Gasteiger partial charge in [-0.25, -0.2) is 0 Å². The normalized spacial score (nSPS) is 13.2. The van der Waals surface area contributed by atoms with Crippen LogP contribution in [-0.2, 0) is 11.3 Å². The zero-order chi connectivity index (χ0) is 19.6. The summed E-state index contributed by atoms with van der Waals surface area (Å²) in [6.07, 6.45) is 1.90. The summed E-state index contributed by atoms with van der Waals surface area (Å²) in [6.45, 7) is 2.27. The van der Waals surface area contributed by atoms with Gasteiger partial charge in [0.25, 0.3) is 5.91 Å². The van der Waals surface area contributed by atoms with Crippen LogP contribution in [0.25, 0.3) is 0 Å². The maximum atomic E-state index is 12.9. The number of nitrogens with one attached hydrogen (secondary N) is 1. The second kappa shape index (κ2) is 8.00. The van der Waals surface area contributed by atoms with Crippen LogP contribution in [-0.4, -0.2) is 38.0 Å². The van der Waals surface area contributed by atoms with Crippen molar-refractivity contribution in [1.29, 1.82) is 0 Å². The van der Waals surface area contributed by atoms with E-state index >= 15 is 0 Å². The molecule has 1 aliphatic rings. The second-order valence-electron chi connectivity index (χ2n) is 6.70. The Morgan fingerprint density at radius 3 is 2.63 bits per heavy atom. The van der Waals surface area contributed by atoms with Crippen LogP contribution < -0.4 is 14.8 Å². The summed E-state index contributed by atoms with van der Waals surface area (Å²) < 4.78 is 10.8. The van der Waals surface area contributed by atoms with Crippen LogP contribution in [0.3, 0.4) is 0 Å². The molecule has 0 radical (unpaired) electrons. The van der Waals surface area contributed by atoms with Crippen LogP contribution in [0.1, 0.15) is 33.6 Å². The van der Waals surface area contributed by atoms with Gasteiger partial charge in [-0.1, -0.05) is 12.1 Å². The molecule has 1 N–H and O–H groups in total. The quantitative estimate of drug-likeness (QED) is 0.785. The van der Waals surface area contributed by atoms with Gasteiger partial charge in [0.05, 0.1) is 24.1 Å². The van der Waals surface area contributed by atoms with Gasteiger partial charge in [-0.15, -0.1) is 11.3 Å². The maximum Gasteiger partial charge on any atom is 0.264 e. The molecule has 1 aliphatic carbocycles. The number of hydrogen-bond acceptors (Lipinski definition) is 5. The van der Waals surface area contributed by atoms with Gasteiger partial charge >= 0.3 is 0 Å². The fourth-order valence-electron chi connectivity index (χ4n) is 2.90. The molecule has 0 bridgehead atoms. The lowest BCUT2D eigenvalue weighted by atomic mass is 10.1. The number of ether oxygens (including phenoxy) is 2. The Labute approximate surface area is 163 Å². The van der Waals surface area contributed by atoms with Crippen molar-refractivity contribution in [1.82, 2.24) is 4.90 Å². The number of thiophene rings is 1. The summed E-state index contributed by atoms with van der Waals surface area (Å²) in [5.41, 5.74) is 1.73. The average Bonchev–Trinajstić information content (AvgIpc) is 3.44. The molecule has 0 aliphatic heterocycles. The Morgan fingerprint density at radius 2 is 2.00 bits per heavy atom. The molecule has 3 rings (SSSR count). The van der Waals surface area contributed by atoms with Crippen LogP contribution >= 0.6 is 11.3 Å². The largest absolute Gasteiger partial charge is 0.493 e. The minimum absolute atomic E-state index is 0.0460. The molecule has 6 nitrogen and oxygen atoms in total. The molecule has 0 unspecified atom stereocenters. The number of benzene rings is 1. The number of amides is 2. The number of methoxy groups -OCH3 is 2. The van der Waals surface area contributed by atoms with E-state index in [9.17, 15) is 9.59 Å². The van der Waals surface area contributed by atoms with Crippen molar-refractivity contribution in [3.8, 4) is 11.5 Å². The van der Waals surface area contributed by atoms with Crippen molar-refractivity contribution >= 4 is 28.2 Å². The molecule has 1 saturated carbocycles. The first-order chi connectivity index (χ1) is 12.9. The van der Waals surface area contributed by atoms with Gasteiger partial charge in [-0.05, 0) is 37.5 Å². The summed E-state index contributed by atoms with van der Waals surface area (Å²) >= 11 is 1.32. The van der Waals surface area contributed by atoms with E-state index in [0.717, 1.165) is 29.0 Å². The van der Waals surface area contributed by atoms with Crippen LogP contribution in [0.5, 0.6) is 11.5 Å². The monoisotopic (exact) mass is 388 g/mol. The van der Waals surface area contributed by atoms with Crippen molar-refractivity contribution in [2.24, 2.45) is 5.92 Å². The lowest BCUT2D eigenvalue weighted by molar-refractivity contribution is -0.117. The van der Waals surface area contributed by atoms with E-state index in [2.05, 4.69) is 5.32 Å². The Morgan fingerprint density at radius 1 is 1.26 bits per heavy atom. The Bertz CT molecular complexity index is 858. The average molecular weight is 388 g/mol. The van der Waals surface area contributed by atoms with Gasteiger partial charge < -0.3 is 19.7 Å². The van der Waals surface area contributed by atoms with E-state index in [4.69, 9.17) is 9.47 Å². The molecule has 1 fully saturated rings. The molecular formula is C20H24N2O4S. The third-order valence-electron chi connectivity index (χ3n) is 4.55. The van der Waals surface area contributed by atoms with Crippen molar-refractivity contribution in [2.45, 2.75) is 26.3 Å². The summed E-state index contributed by atoms with van der Waals surface area (Å²) in [5, 5.41) is 3.64. The van der Waals surface area contributed by atoms with Crippen LogP contribution in [0.2, 0.25) is 0 Å². The highest BCUT2D eigenvalue weighted by atomic mass is 32.1. The number of nitrogens with zero attached hydrogens (tertiary/aromatic N) is 1. The number of anilines is 1. The van der Waals surface area contributed by atoms with E-state index in [1.807, 2.05) is 31.2 Å². The molecule has 144 valence electrons. The van der Waals surface area contributed by atoms with E-state index in [1.165, 1.54) is 11.3 Å². The van der Waals surface area contributed by atoms with Crippen LogP contribution in [0, 0.1) is 12.8 Å². The van der Waals surface area contributed by atoms with Crippen molar-refractivity contribution < 1.29 is 19.1 Å². The maximum absolute atomic E-state index is 12.9. The number of aryl methyl sites for hydroxylation is 1. The van der Waals surface area contributed by atoms with Crippen molar-refractivity contribution in [3.05, 3.63) is 40.3 Å². The van der Waals surface area contributed by atoms with Gasteiger partial charge in [-0.3, -0.25) is 9.59 Å². The number of carbonyl (C=O) groups is 2. The van der Waals surface area contributed by atoms with E-state index in [-0.39, 0.29) is 17.7 Å². The SMILES string of the molecule is COc1cccc(CN(C)C(=O)c2sc(NC(=O)C3CC3)cc2C)c1OC. The fourth-order valence-corrected chi connectivity index (χ4v) is 3.97. The van der Waals surface area contributed by atoms with Crippen LogP contribution in [0.4, 0.5) is 5.00 Å². The highest BCUT2D eigenvalue weighted by Gasteiger charge is 2.30. The van der Waals surface area contributed by atoms with Gasteiger partial charge in [0.15, 0.2) is 11.5 Å². The number of para-hydroxylation sites is 1. The zero-order valence-electron chi connectivity index (χ0n) is 16.0. The molecule has 0 saturated heterocycles. The molecule has 7 heteroatoms. The van der Waals surface area contributed by atoms with Gasteiger partial charge in [0, 0.05) is 25.1 Å². The predicted octanol–water partition coefficient (Wildman–Crippen LogP) is 3.69. The number of hydrogen-bond donors (Lipinski definition) is 1. The second-order valence-corrected chi connectivity index (χ2v) is 7.75. The molecule has 0 atom stereocenters. The Hall–Kier alpha value is -2.54. The summed E-state index contributed by atoms with van der Waals surface area (Å²) in [7, 11) is 4.92. The Balaban J connectivity index is 1.74. The smallest absolute Gasteiger partial charge is 0.264 e. The third kappa shape index (κ3) is 4.24. The van der Waals surface area contributed by atoms with Gasteiger partial charge in [0.1, 0.15) is 0 Å². The highest BCUT2D eigenvalue weighted by molar-refractivity contribution is 7.18. The summed E-state index contributed by atoms with van der Waals surface area (Å²) in [4.78, 5) is 27.1. The first-order valence-corrected chi connectivity index (χ1v) is 9.62. The standard InChI is InChI=1S/C20H24N2O4S/c1-12-10-16(21-19(23)13-8-9-13)27-18(12)20(24)22(2)11-14-6-5-7-15(25-3)17(14)26-4/h5-7,10,13H,8-9,11H2,1-4H3,(H,21,23). The minimum Gasteiger partial charge on any atom is -0.493 e. The van der Waals surface area contributed by atoms with E-state index < -0.39 is 0 Å². The first-order valence-electron chi connectivity index (χ1n) is 8.81. The molecule has 27 heavy (non-hydrogen) atoms. The van der Waals surface area contributed by atoms with Gasteiger partial charge in [-0.2, -0.15) is 0 Å². The van der Waals surface area contributed by atoms with Gasteiger partial charge in [0.2, 0.25) is 5.91 Å². The molecular weight excluding hydrogens is 364 g/mol. The highest BCUT2D eigenvalue weighted by Crippen LogP contribution is 2.34. The number of carbonyl (C=O) groups excluding carboxylic acids is 2. The zero-order valence-corrected chi connectivity index (χ0v) is 16.8. The van der Waals surface area contributed by atoms with Crippen molar-refractivity contribution in [2.75, 3.05) is 26.6 Å². The minimum atomic E-state index is -0.0886. The molecule has 1 aromatic carbocycles. The molecule has 1 heterocycles. The van der Waals surface area contributed by atoms with E-state index in [1.54, 1.807) is 26.2 Å². The van der Waals surface area contributed by atoms with E-state index in [0.29, 0.717) is 22.9 Å². The Kier molecular flexibility index (Phi) is 5.70.